The molecule has 1 aromatic rings. The van der Waals surface area contributed by atoms with Gasteiger partial charge in [-0.15, -0.1) is 0 Å². The van der Waals surface area contributed by atoms with Gasteiger partial charge in [0.2, 0.25) is 5.16 Å². The molecule has 1 aliphatic heterocycles. The lowest BCUT2D eigenvalue weighted by molar-refractivity contribution is 0.0191. The van der Waals surface area contributed by atoms with Gasteiger partial charge in [0.1, 0.15) is 5.60 Å². The molecule has 1 saturated heterocycles. The van der Waals surface area contributed by atoms with Gasteiger partial charge in [0.25, 0.3) is 0 Å². The highest BCUT2D eigenvalue weighted by Gasteiger charge is 2.28. The van der Waals surface area contributed by atoms with Gasteiger partial charge in [0, 0.05) is 18.8 Å². The number of ether oxygens (including phenoxy) is 1. The second-order valence-electron chi connectivity index (χ2n) is 6.61. The van der Waals surface area contributed by atoms with E-state index >= 15 is 0 Å². The molecule has 2 rings (SSSR count). The number of likely N-dealkylation sites (tertiary alicyclic amines) is 1. The molecule has 1 aromatic heterocycles. The molecule has 0 radical (unpaired) electrons. The molecule has 6 nitrogen and oxygen atoms in total. The Kier molecular flexibility index (Phi) is 5.67. The number of amides is 1. The Morgan fingerprint density at radius 3 is 2.43 bits per heavy atom. The van der Waals surface area contributed by atoms with E-state index in [-0.39, 0.29) is 17.2 Å². The van der Waals surface area contributed by atoms with Crippen LogP contribution >= 0.6 is 0 Å². The third-order valence-corrected chi connectivity index (χ3v) is 4.85. The van der Waals surface area contributed by atoms with Crippen LogP contribution in [0.4, 0.5) is 9.18 Å². The summed E-state index contributed by atoms with van der Waals surface area (Å²) in [6.45, 7) is 6.68. The summed E-state index contributed by atoms with van der Waals surface area (Å²) in [6, 6.07) is 0. The number of rotatable bonds is 3. The molecular formula is C15H22FN3O3S. The number of aromatic nitrogens is 2. The van der Waals surface area contributed by atoms with Gasteiger partial charge in [-0.1, -0.05) is 0 Å². The number of halogens is 1. The summed E-state index contributed by atoms with van der Waals surface area (Å²) in [7, 11) is -1.35. The fourth-order valence-electron chi connectivity index (χ4n) is 2.32. The molecule has 0 saturated carbocycles. The molecule has 0 N–H and O–H groups in total. The molecular weight excluding hydrogens is 321 g/mol. The van der Waals surface area contributed by atoms with Crippen LogP contribution in [0.2, 0.25) is 0 Å². The lowest BCUT2D eigenvalue weighted by atomic mass is 9.99. The summed E-state index contributed by atoms with van der Waals surface area (Å²) in [5.41, 5.74) is -0.505. The highest BCUT2D eigenvalue weighted by molar-refractivity contribution is 7.84. The van der Waals surface area contributed by atoms with Crippen molar-refractivity contribution >= 4 is 16.9 Å². The normalized spacial score (nSPS) is 17.8. The van der Waals surface area contributed by atoms with Gasteiger partial charge in [-0.25, -0.2) is 19.2 Å². The molecule has 128 valence electrons. The fraction of sp³-hybridized carbons (Fsp3) is 0.667. The monoisotopic (exact) mass is 343 g/mol. The van der Waals surface area contributed by atoms with E-state index in [9.17, 15) is 13.4 Å². The first-order chi connectivity index (χ1) is 10.7. The number of carbonyl (C=O) groups excluding carboxylic acids is 1. The van der Waals surface area contributed by atoms with Crippen LogP contribution in [-0.4, -0.2) is 49.6 Å². The van der Waals surface area contributed by atoms with Crippen molar-refractivity contribution in [2.75, 3.05) is 18.8 Å². The van der Waals surface area contributed by atoms with Gasteiger partial charge in [-0.2, -0.15) is 0 Å². The predicted molar refractivity (Wildman–Crippen MR) is 83.8 cm³/mol. The summed E-state index contributed by atoms with van der Waals surface area (Å²) in [4.78, 5) is 21.2. The maximum absolute atomic E-state index is 12.8. The van der Waals surface area contributed by atoms with E-state index in [2.05, 4.69) is 9.97 Å². The first-order valence-electron chi connectivity index (χ1n) is 7.58. The smallest absolute Gasteiger partial charge is 0.410 e. The summed E-state index contributed by atoms with van der Waals surface area (Å²) < 4.78 is 30.3. The molecule has 8 heteroatoms. The Morgan fingerprint density at radius 1 is 1.35 bits per heavy atom. The second kappa shape index (κ2) is 7.33. The van der Waals surface area contributed by atoms with Crippen LogP contribution in [-0.2, 0) is 15.5 Å². The molecule has 1 atom stereocenters. The average Bonchev–Trinajstić information content (AvgIpc) is 2.46. The van der Waals surface area contributed by atoms with Crippen molar-refractivity contribution < 1.29 is 18.1 Å². The minimum absolute atomic E-state index is 0.154. The average molecular weight is 343 g/mol. The first-order valence-corrected chi connectivity index (χ1v) is 8.90. The number of hydrogen-bond acceptors (Lipinski definition) is 5. The van der Waals surface area contributed by atoms with Crippen LogP contribution in [0.5, 0.6) is 0 Å². The highest BCUT2D eigenvalue weighted by atomic mass is 32.2. The van der Waals surface area contributed by atoms with E-state index in [0.29, 0.717) is 18.8 Å². The van der Waals surface area contributed by atoms with Crippen LogP contribution in [0, 0.1) is 11.7 Å². The van der Waals surface area contributed by atoms with Crippen molar-refractivity contribution in [3.05, 3.63) is 18.2 Å². The van der Waals surface area contributed by atoms with Gasteiger partial charge in [-0.3, -0.25) is 4.21 Å². The van der Waals surface area contributed by atoms with Crippen molar-refractivity contribution in [1.29, 1.82) is 0 Å². The molecule has 23 heavy (non-hydrogen) atoms. The van der Waals surface area contributed by atoms with E-state index in [1.54, 1.807) is 4.90 Å². The Balaban J connectivity index is 1.81. The minimum Gasteiger partial charge on any atom is -0.444 e. The van der Waals surface area contributed by atoms with Crippen LogP contribution < -0.4 is 0 Å². The molecule has 1 aliphatic rings. The maximum Gasteiger partial charge on any atom is 0.410 e. The second-order valence-corrected chi connectivity index (χ2v) is 8.00. The molecule has 1 fully saturated rings. The summed E-state index contributed by atoms with van der Waals surface area (Å²) >= 11 is 0. The van der Waals surface area contributed by atoms with Crippen molar-refractivity contribution in [2.24, 2.45) is 5.92 Å². The molecule has 0 aliphatic carbocycles. The van der Waals surface area contributed by atoms with E-state index in [4.69, 9.17) is 4.74 Å². The topological polar surface area (TPSA) is 72.4 Å². The standard InChI is InChI=1S/C15H22FN3O3S/c1-15(2,3)22-14(20)19-6-4-11(5-7-19)10-23(21)13-17-8-12(16)9-18-13/h8-9,11H,4-7,10H2,1-3H3. The third kappa shape index (κ3) is 5.53. The van der Waals surface area contributed by atoms with Gasteiger partial charge in [0.15, 0.2) is 5.82 Å². The van der Waals surface area contributed by atoms with Crippen molar-refractivity contribution in [1.82, 2.24) is 14.9 Å². The first kappa shape index (κ1) is 17.8. The van der Waals surface area contributed by atoms with Gasteiger partial charge in [-0.05, 0) is 39.5 Å². The quantitative estimate of drug-likeness (QED) is 0.788. The molecule has 1 unspecified atom stereocenters. The van der Waals surface area contributed by atoms with Crippen molar-refractivity contribution in [3.63, 3.8) is 0 Å². The lowest BCUT2D eigenvalue weighted by Crippen LogP contribution is -2.42. The fourth-order valence-corrected chi connectivity index (χ4v) is 3.57. The molecule has 0 bridgehead atoms. The SMILES string of the molecule is CC(C)(C)OC(=O)N1CCC(CS(=O)c2ncc(F)cn2)CC1. The Morgan fingerprint density at radius 2 is 1.91 bits per heavy atom. The number of piperidine rings is 1. The zero-order chi connectivity index (χ0) is 17.0. The summed E-state index contributed by atoms with van der Waals surface area (Å²) in [6.07, 6.45) is 3.24. The Hall–Kier alpha value is -1.57. The van der Waals surface area contributed by atoms with Crippen LogP contribution in [0.15, 0.2) is 17.6 Å². The summed E-state index contributed by atoms with van der Waals surface area (Å²) in [5, 5.41) is 0.154. The van der Waals surface area contributed by atoms with Crippen LogP contribution in [0.25, 0.3) is 0 Å². The predicted octanol–water partition coefficient (Wildman–Crippen LogP) is 2.37. The number of nitrogens with zero attached hydrogens (tertiary/aromatic N) is 3. The van der Waals surface area contributed by atoms with Crippen molar-refractivity contribution in [2.45, 2.75) is 44.4 Å². The van der Waals surface area contributed by atoms with Gasteiger partial charge < -0.3 is 9.64 Å². The largest absolute Gasteiger partial charge is 0.444 e. The zero-order valence-electron chi connectivity index (χ0n) is 13.6. The number of carbonyl (C=O) groups is 1. The molecule has 0 spiro atoms. The molecule has 0 aromatic carbocycles. The van der Waals surface area contributed by atoms with Gasteiger partial charge >= 0.3 is 6.09 Å². The summed E-state index contributed by atoms with van der Waals surface area (Å²) in [5.74, 6) is 0.105. The number of hydrogen-bond donors (Lipinski definition) is 0. The maximum atomic E-state index is 12.8. The lowest BCUT2D eigenvalue weighted by Gasteiger charge is -2.33. The third-order valence-electron chi connectivity index (χ3n) is 3.45. The van der Waals surface area contributed by atoms with E-state index < -0.39 is 22.2 Å². The van der Waals surface area contributed by atoms with Crippen LogP contribution in [0.3, 0.4) is 0 Å². The van der Waals surface area contributed by atoms with E-state index in [0.717, 1.165) is 25.2 Å². The van der Waals surface area contributed by atoms with Gasteiger partial charge in [0.05, 0.1) is 23.2 Å². The molecule has 2 heterocycles. The molecule has 1 amide bonds. The zero-order valence-corrected chi connectivity index (χ0v) is 14.4. The highest BCUT2D eigenvalue weighted by Crippen LogP contribution is 2.21. The van der Waals surface area contributed by atoms with Crippen LogP contribution in [0.1, 0.15) is 33.6 Å². The van der Waals surface area contributed by atoms with Crippen molar-refractivity contribution in [3.8, 4) is 0 Å². The van der Waals surface area contributed by atoms with E-state index in [1.165, 1.54) is 0 Å². The Labute approximate surface area is 137 Å². The minimum atomic E-state index is -1.35. The van der Waals surface area contributed by atoms with E-state index in [1.807, 2.05) is 20.8 Å². The Bertz CT molecular complexity index is 566.